The van der Waals surface area contributed by atoms with Crippen molar-refractivity contribution in [3.8, 4) is 0 Å². The van der Waals surface area contributed by atoms with E-state index in [0.717, 1.165) is 0 Å². The molecule has 0 aliphatic carbocycles. The Balaban J connectivity index is 5.21. The summed E-state index contributed by atoms with van der Waals surface area (Å²) < 4.78 is 92.5. The van der Waals surface area contributed by atoms with Crippen LogP contribution in [0.15, 0.2) is 0 Å². The van der Waals surface area contributed by atoms with Crippen molar-refractivity contribution in [1.29, 1.82) is 0 Å². The Morgan fingerprint density at radius 1 is 1.13 bits per heavy atom. The van der Waals surface area contributed by atoms with Gasteiger partial charge in [0, 0.05) is 13.6 Å². The first-order valence-electron chi connectivity index (χ1n) is 3.45. The van der Waals surface area contributed by atoms with Crippen LogP contribution in [0.4, 0.5) is 26.3 Å². The zero-order valence-electron chi connectivity index (χ0n) is 7.35. The second-order valence-corrected chi connectivity index (χ2v) is 4.62. The summed E-state index contributed by atoms with van der Waals surface area (Å²) in [6.45, 7) is -2.42. The van der Waals surface area contributed by atoms with Gasteiger partial charge in [0.2, 0.25) is 0 Å². The second-order valence-electron chi connectivity index (χ2n) is 2.53. The first-order chi connectivity index (χ1) is 6.48. The molecule has 0 saturated heterocycles. The average Bonchev–Trinajstić information content (AvgIpc) is 2.02. The summed E-state index contributed by atoms with van der Waals surface area (Å²) in [6.07, 6.45) is -6.23. The van der Waals surface area contributed by atoms with Crippen LogP contribution in [0.3, 0.4) is 0 Å². The number of sulfonamides is 1. The molecule has 0 N–H and O–H groups in total. The maximum Gasteiger partial charge on any atom is 0.470 e. The molecule has 3 nitrogen and oxygen atoms in total. The van der Waals surface area contributed by atoms with Gasteiger partial charge in [0.25, 0.3) is 10.0 Å². The Kier molecular flexibility index (Phi) is 4.02. The predicted molar refractivity (Wildman–Crippen MR) is 38.5 cm³/mol. The molecule has 0 heterocycles. The summed E-state index contributed by atoms with van der Waals surface area (Å²) in [5, 5.41) is -5.91. The van der Waals surface area contributed by atoms with E-state index in [4.69, 9.17) is 0 Å². The van der Waals surface area contributed by atoms with Gasteiger partial charge < -0.3 is 0 Å². The number of halogens is 6. The SMILES string of the molecule is CN(CCF)S(=O)(=O)C(F)(F)C(F)(F)F. The lowest BCUT2D eigenvalue weighted by Crippen LogP contribution is -2.50. The minimum absolute atomic E-state index is 0.375. The van der Waals surface area contributed by atoms with E-state index >= 15 is 0 Å². The van der Waals surface area contributed by atoms with E-state index in [2.05, 4.69) is 0 Å². The topological polar surface area (TPSA) is 37.4 Å². The number of rotatable bonds is 4. The molecule has 0 amide bonds. The molecular formula is C5H7F6NO2S. The first kappa shape index (κ1) is 14.5. The number of nitrogens with zero attached hydrogens (tertiary/aromatic N) is 1. The molecule has 0 bridgehead atoms. The summed E-state index contributed by atoms with van der Waals surface area (Å²) in [5.74, 6) is 0. The maximum absolute atomic E-state index is 12.4. The van der Waals surface area contributed by atoms with Crippen molar-refractivity contribution < 1.29 is 34.8 Å². The third kappa shape index (κ3) is 2.54. The Labute approximate surface area is 81.7 Å². The van der Waals surface area contributed by atoms with Gasteiger partial charge in [-0.2, -0.15) is 26.3 Å². The molecule has 0 unspecified atom stereocenters. The van der Waals surface area contributed by atoms with Crippen molar-refractivity contribution in [1.82, 2.24) is 4.31 Å². The largest absolute Gasteiger partial charge is 0.470 e. The van der Waals surface area contributed by atoms with Gasteiger partial charge in [-0.05, 0) is 0 Å². The normalized spacial score (nSPS) is 14.7. The van der Waals surface area contributed by atoms with E-state index in [1.54, 1.807) is 0 Å². The third-order valence-corrected chi connectivity index (χ3v) is 3.35. The number of hydrogen-bond acceptors (Lipinski definition) is 2. The maximum atomic E-state index is 12.4. The Bertz CT molecular complexity index is 310. The summed E-state index contributed by atoms with van der Waals surface area (Å²) in [5.41, 5.74) is 0. The van der Waals surface area contributed by atoms with Crippen LogP contribution in [0.25, 0.3) is 0 Å². The molecule has 0 aromatic carbocycles. The van der Waals surface area contributed by atoms with Gasteiger partial charge in [0.05, 0.1) is 0 Å². The fourth-order valence-corrected chi connectivity index (χ4v) is 1.57. The van der Waals surface area contributed by atoms with Crippen molar-refractivity contribution in [2.24, 2.45) is 0 Å². The summed E-state index contributed by atoms with van der Waals surface area (Å²) in [7, 11) is -5.48. The molecule has 0 aliphatic rings. The molecule has 15 heavy (non-hydrogen) atoms. The predicted octanol–water partition coefficient (Wildman–Crippen LogP) is 1.37. The molecule has 0 radical (unpaired) electrons. The fraction of sp³-hybridized carbons (Fsp3) is 1.00. The van der Waals surface area contributed by atoms with Gasteiger partial charge in [0.15, 0.2) is 0 Å². The van der Waals surface area contributed by atoms with E-state index in [0.29, 0.717) is 7.05 Å². The molecule has 0 aliphatic heterocycles. The zero-order valence-corrected chi connectivity index (χ0v) is 8.17. The van der Waals surface area contributed by atoms with Crippen molar-refractivity contribution in [2.45, 2.75) is 11.4 Å². The van der Waals surface area contributed by atoms with Crippen LogP contribution in [0.2, 0.25) is 0 Å². The lowest BCUT2D eigenvalue weighted by atomic mass is 10.7. The van der Waals surface area contributed by atoms with E-state index in [1.165, 1.54) is 0 Å². The summed E-state index contributed by atoms with van der Waals surface area (Å²) in [4.78, 5) is 0. The van der Waals surface area contributed by atoms with E-state index in [1.807, 2.05) is 0 Å². The molecule has 0 saturated carbocycles. The van der Waals surface area contributed by atoms with Gasteiger partial charge in [-0.3, -0.25) is 0 Å². The molecule has 0 atom stereocenters. The van der Waals surface area contributed by atoms with Crippen LogP contribution in [0.5, 0.6) is 0 Å². The highest BCUT2D eigenvalue weighted by atomic mass is 32.2. The van der Waals surface area contributed by atoms with Crippen LogP contribution in [0, 0.1) is 0 Å². The van der Waals surface area contributed by atoms with Gasteiger partial charge in [-0.25, -0.2) is 12.8 Å². The molecule has 10 heteroatoms. The molecular weight excluding hydrogens is 252 g/mol. The highest BCUT2D eigenvalue weighted by Crippen LogP contribution is 2.40. The van der Waals surface area contributed by atoms with Crippen LogP contribution >= 0.6 is 0 Å². The van der Waals surface area contributed by atoms with Gasteiger partial charge in [-0.15, -0.1) is 0 Å². The third-order valence-electron chi connectivity index (χ3n) is 1.46. The monoisotopic (exact) mass is 259 g/mol. The Morgan fingerprint density at radius 3 is 1.80 bits per heavy atom. The van der Waals surface area contributed by atoms with Gasteiger partial charge in [-0.1, -0.05) is 0 Å². The highest BCUT2D eigenvalue weighted by molar-refractivity contribution is 7.90. The van der Waals surface area contributed by atoms with Gasteiger partial charge in [0.1, 0.15) is 6.67 Å². The number of alkyl halides is 6. The van der Waals surface area contributed by atoms with Crippen molar-refractivity contribution in [3.63, 3.8) is 0 Å². The second kappa shape index (κ2) is 4.16. The Morgan fingerprint density at radius 2 is 1.53 bits per heavy atom. The van der Waals surface area contributed by atoms with Crippen LogP contribution in [-0.2, 0) is 10.0 Å². The van der Waals surface area contributed by atoms with Crippen molar-refractivity contribution in [3.05, 3.63) is 0 Å². The van der Waals surface area contributed by atoms with Crippen molar-refractivity contribution in [2.75, 3.05) is 20.3 Å². The van der Waals surface area contributed by atoms with E-state index in [9.17, 15) is 34.8 Å². The quantitative estimate of drug-likeness (QED) is 0.715. The highest BCUT2D eigenvalue weighted by Gasteiger charge is 2.68. The Hall–Kier alpha value is -0.510. The fourth-order valence-electron chi connectivity index (χ4n) is 0.581. The molecule has 0 rings (SSSR count). The smallest absolute Gasteiger partial charge is 0.250 e. The van der Waals surface area contributed by atoms with E-state index in [-0.39, 0.29) is 4.31 Å². The van der Waals surface area contributed by atoms with Crippen LogP contribution in [-0.4, -0.2) is 44.4 Å². The number of hydrogen-bond donors (Lipinski definition) is 0. The average molecular weight is 259 g/mol. The summed E-state index contributed by atoms with van der Waals surface area (Å²) in [6, 6.07) is 0. The molecule has 0 fully saturated rings. The first-order valence-corrected chi connectivity index (χ1v) is 4.89. The van der Waals surface area contributed by atoms with Crippen LogP contribution in [0.1, 0.15) is 0 Å². The minimum atomic E-state index is -6.23. The molecule has 0 aromatic heterocycles. The molecule has 0 aromatic rings. The lowest BCUT2D eigenvalue weighted by Gasteiger charge is -2.24. The van der Waals surface area contributed by atoms with E-state index < -0.39 is 34.7 Å². The lowest BCUT2D eigenvalue weighted by molar-refractivity contribution is -0.242. The molecule has 0 spiro atoms. The van der Waals surface area contributed by atoms with Crippen molar-refractivity contribution >= 4 is 10.0 Å². The molecule has 92 valence electrons. The minimum Gasteiger partial charge on any atom is -0.250 e. The van der Waals surface area contributed by atoms with Crippen LogP contribution < -0.4 is 0 Å². The van der Waals surface area contributed by atoms with Gasteiger partial charge >= 0.3 is 11.4 Å². The zero-order chi connectivity index (χ0) is 12.5. The summed E-state index contributed by atoms with van der Waals surface area (Å²) >= 11 is 0. The standard InChI is InChI=1S/C5H7F6NO2S/c1-12(3-2-6)15(13,14)5(10,11)4(7,8)9/h2-3H2,1H3.